The van der Waals surface area contributed by atoms with Gasteiger partial charge in [0.15, 0.2) is 0 Å². The maximum atomic E-state index is 11.0. The van der Waals surface area contributed by atoms with E-state index in [4.69, 9.17) is 0 Å². The third kappa shape index (κ3) is 53.6. The summed E-state index contributed by atoms with van der Waals surface area (Å²) in [5.41, 5.74) is 2.23. The van der Waals surface area contributed by atoms with Gasteiger partial charge >= 0.3 is 48.9 Å². The minimum absolute atomic E-state index is 0. The number of hydrogen-bond donors (Lipinski definition) is 0. The zero-order chi connectivity index (χ0) is 55.2. The van der Waals surface area contributed by atoms with E-state index in [2.05, 4.69) is 13.8 Å². The van der Waals surface area contributed by atoms with Crippen LogP contribution in [0.1, 0.15) is 359 Å². The van der Waals surface area contributed by atoms with Crippen molar-refractivity contribution in [2.24, 2.45) is 0 Å². The van der Waals surface area contributed by atoms with Gasteiger partial charge in [-0.3, -0.25) is 0 Å². The van der Waals surface area contributed by atoms with Gasteiger partial charge in [-0.1, -0.05) is 359 Å². The molecule has 0 radical (unpaired) electrons. The molecule has 0 bridgehead atoms. The number of benzene rings is 2. The van der Waals surface area contributed by atoms with Crippen molar-refractivity contribution in [3.63, 3.8) is 0 Å². The minimum atomic E-state index is -4.33. The first-order chi connectivity index (χ1) is 37.1. The molecule has 0 saturated carbocycles. The van der Waals surface area contributed by atoms with Gasteiger partial charge in [-0.05, 0) is 61.1 Å². The molecule has 0 saturated heterocycles. The van der Waals surface area contributed by atoms with E-state index in [1.54, 1.807) is 24.3 Å². The van der Waals surface area contributed by atoms with Crippen LogP contribution in [0.2, 0.25) is 0 Å². The molecule has 2 rings (SSSR count). The van der Waals surface area contributed by atoms with Crippen molar-refractivity contribution >= 4 is 69.1 Å². The molecule has 2 aromatic carbocycles. The zero-order valence-corrected chi connectivity index (χ0v) is 56.8. The quantitative estimate of drug-likeness (QED) is 0.0370. The second kappa shape index (κ2) is 57.6. The molecule has 0 aliphatic carbocycles. The van der Waals surface area contributed by atoms with Crippen molar-refractivity contribution in [1.29, 1.82) is 0 Å². The van der Waals surface area contributed by atoms with Crippen LogP contribution in [0.25, 0.3) is 0 Å². The summed E-state index contributed by atoms with van der Waals surface area (Å²) in [7, 11) is -8.66. The Hall–Kier alpha value is -0.169. The van der Waals surface area contributed by atoms with Crippen LogP contribution in [0.5, 0.6) is 0 Å². The molecule has 0 aliphatic heterocycles. The van der Waals surface area contributed by atoms with Gasteiger partial charge in [0, 0.05) is 0 Å². The van der Waals surface area contributed by atoms with E-state index in [0.29, 0.717) is 0 Å². The zero-order valence-electron chi connectivity index (χ0n) is 50.8. The molecule has 0 heterocycles. The first kappa shape index (κ1) is 76.8. The van der Waals surface area contributed by atoms with Crippen molar-refractivity contribution in [2.75, 3.05) is 0 Å². The molecular formula is C68H122BaO6S2. The number of hydrogen-bond acceptors (Lipinski definition) is 6. The Morgan fingerprint density at radius 1 is 0.234 bits per heavy atom. The first-order valence-corrected chi connectivity index (χ1v) is 36.0. The first-order valence-electron chi connectivity index (χ1n) is 33.2. The predicted octanol–water partition coefficient (Wildman–Crippen LogP) is 22.2. The van der Waals surface area contributed by atoms with E-state index < -0.39 is 20.2 Å². The SMILES string of the molecule is CCCCCCCCCCCCCCCCCCCCCCCCCCCCc1ccc(S(=O)(=O)[O-])cc1.CCCCCCCCCCCCCCCCCCCCCCCCCCCCc1ccc(S(=O)(=O)[O-])cc1.[Ba+2]. The molecule has 444 valence electrons. The van der Waals surface area contributed by atoms with Crippen LogP contribution in [-0.2, 0) is 33.1 Å². The van der Waals surface area contributed by atoms with Gasteiger partial charge in [0.2, 0.25) is 0 Å². The molecule has 0 aromatic heterocycles. The van der Waals surface area contributed by atoms with Crippen LogP contribution in [0.15, 0.2) is 58.3 Å². The number of aryl methyl sites for hydroxylation is 2. The van der Waals surface area contributed by atoms with Crippen molar-refractivity contribution in [2.45, 2.75) is 370 Å². The van der Waals surface area contributed by atoms with Crippen LogP contribution in [0, 0.1) is 0 Å². The average Bonchev–Trinajstić information content (AvgIpc) is 3.40. The molecule has 6 nitrogen and oxygen atoms in total. The summed E-state index contributed by atoms with van der Waals surface area (Å²) in [5, 5.41) is 0. The predicted molar refractivity (Wildman–Crippen MR) is 333 cm³/mol. The molecular weight excluding hydrogens is 1110 g/mol. The summed E-state index contributed by atoms with van der Waals surface area (Å²) < 4.78 is 65.8. The Bertz CT molecular complexity index is 1590. The van der Waals surface area contributed by atoms with Crippen molar-refractivity contribution < 1.29 is 25.9 Å². The largest absolute Gasteiger partial charge is 2.00 e. The second-order valence-electron chi connectivity index (χ2n) is 23.4. The molecule has 9 heteroatoms. The third-order valence-corrected chi connectivity index (χ3v) is 17.8. The van der Waals surface area contributed by atoms with Crippen molar-refractivity contribution in [3.05, 3.63) is 59.7 Å². The van der Waals surface area contributed by atoms with E-state index >= 15 is 0 Å². The normalized spacial score (nSPS) is 11.7. The molecule has 0 unspecified atom stereocenters. The van der Waals surface area contributed by atoms with Crippen LogP contribution in [0.4, 0.5) is 0 Å². The van der Waals surface area contributed by atoms with Crippen molar-refractivity contribution in [1.82, 2.24) is 0 Å². The summed E-state index contributed by atoms with van der Waals surface area (Å²) >= 11 is 0. The van der Waals surface area contributed by atoms with Gasteiger partial charge in [-0.2, -0.15) is 0 Å². The Kier molecular flexibility index (Phi) is 57.5. The van der Waals surface area contributed by atoms with Gasteiger partial charge in [0.1, 0.15) is 20.2 Å². The molecule has 0 aliphatic rings. The van der Waals surface area contributed by atoms with E-state index in [9.17, 15) is 25.9 Å². The Morgan fingerprint density at radius 3 is 0.494 bits per heavy atom. The van der Waals surface area contributed by atoms with Gasteiger partial charge in [0.25, 0.3) is 0 Å². The average molecular weight is 1240 g/mol. The van der Waals surface area contributed by atoms with E-state index in [1.807, 2.05) is 0 Å². The fourth-order valence-electron chi connectivity index (χ4n) is 10.9. The van der Waals surface area contributed by atoms with E-state index in [1.165, 1.54) is 345 Å². The third-order valence-electron chi connectivity index (χ3n) is 16.1. The summed E-state index contributed by atoms with van der Waals surface area (Å²) in [4.78, 5) is -0.266. The van der Waals surface area contributed by atoms with Gasteiger partial charge in [-0.25, -0.2) is 16.8 Å². The summed E-state index contributed by atoms with van der Waals surface area (Å²) in [6, 6.07) is 12.8. The standard InChI is InChI=1S/2C34H62O3S.Ba/c2*1-2-3-4-5-6-7-8-9-10-11-12-13-14-15-16-17-18-19-20-21-22-23-24-25-26-27-28-33-29-31-34(32-30-33)38(35,36)37;/h2*29-32H,2-28H2,1H3,(H,35,36,37);/q;;+2/p-2. The molecule has 77 heavy (non-hydrogen) atoms. The number of unbranched alkanes of at least 4 members (excludes halogenated alkanes) is 50. The fraction of sp³-hybridized carbons (Fsp3) is 0.824. The molecule has 0 spiro atoms. The molecule has 0 atom stereocenters. The molecule has 0 amide bonds. The Labute approximate surface area is 520 Å². The fourth-order valence-corrected chi connectivity index (χ4v) is 11.9. The van der Waals surface area contributed by atoms with Crippen LogP contribution < -0.4 is 0 Å². The maximum absolute atomic E-state index is 11.0. The molecule has 0 N–H and O–H groups in total. The Balaban J connectivity index is 0.00000148. The molecule has 2 aromatic rings. The van der Waals surface area contributed by atoms with E-state index in [0.717, 1.165) is 36.8 Å². The topological polar surface area (TPSA) is 114 Å². The monoisotopic (exact) mass is 1240 g/mol. The Morgan fingerprint density at radius 2 is 0.364 bits per heavy atom. The summed E-state index contributed by atoms with van der Waals surface area (Å²) in [6.07, 6.45) is 75.0. The van der Waals surface area contributed by atoms with E-state index in [-0.39, 0.29) is 58.7 Å². The van der Waals surface area contributed by atoms with Gasteiger partial charge < -0.3 is 9.11 Å². The maximum Gasteiger partial charge on any atom is 2.00 e. The minimum Gasteiger partial charge on any atom is -0.744 e. The van der Waals surface area contributed by atoms with Gasteiger partial charge in [0.05, 0.1) is 9.79 Å². The smallest absolute Gasteiger partial charge is 0.744 e. The number of rotatable bonds is 56. The summed E-state index contributed by atoms with van der Waals surface area (Å²) in [5.74, 6) is 0. The second-order valence-corrected chi connectivity index (χ2v) is 26.1. The van der Waals surface area contributed by atoms with Crippen LogP contribution in [0.3, 0.4) is 0 Å². The molecule has 0 fully saturated rings. The van der Waals surface area contributed by atoms with Crippen molar-refractivity contribution in [3.8, 4) is 0 Å². The van der Waals surface area contributed by atoms with Crippen LogP contribution >= 0.6 is 0 Å². The van der Waals surface area contributed by atoms with Crippen LogP contribution in [-0.4, -0.2) is 74.8 Å². The summed E-state index contributed by atoms with van der Waals surface area (Å²) in [6.45, 7) is 4.59. The van der Waals surface area contributed by atoms with Gasteiger partial charge in [-0.15, -0.1) is 0 Å².